The Bertz CT molecular complexity index is 468. The fourth-order valence-corrected chi connectivity index (χ4v) is 4.48. The number of rotatable bonds is 4. The van der Waals surface area contributed by atoms with Crippen LogP contribution in [0.1, 0.15) is 53.4 Å². The first-order valence-electron chi connectivity index (χ1n) is 9.25. The summed E-state index contributed by atoms with van der Waals surface area (Å²) < 4.78 is 5.55. The third-order valence-corrected chi connectivity index (χ3v) is 5.65. The van der Waals surface area contributed by atoms with E-state index in [0.717, 1.165) is 43.7 Å². The van der Waals surface area contributed by atoms with Gasteiger partial charge in [-0.3, -0.25) is 0 Å². The number of likely N-dealkylation sites (tertiary alicyclic amines) is 1. The number of amides is 1. The van der Waals surface area contributed by atoms with Crippen molar-refractivity contribution < 1.29 is 9.53 Å². The number of fused-ring (bicyclic) bond motifs is 2. The molecule has 2 aliphatic carbocycles. The lowest BCUT2D eigenvalue weighted by molar-refractivity contribution is 0.0223. The maximum atomic E-state index is 12.3. The smallest absolute Gasteiger partial charge is 0.410 e. The third kappa shape index (κ3) is 3.90. The van der Waals surface area contributed by atoms with Gasteiger partial charge in [0.05, 0.1) is 0 Å². The van der Waals surface area contributed by atoms with Crippen molar-refractivity contribution in [2.24, 2.45) is 17.8 Å². The Morgan fingerprint density at radius 1 is 1.35 bits per heavy atom. The molecular formula is C19H32N2O2. The summed E-state index contributed by atoms with van der Waals surface area (Å²) >= 11 is 0. The third-order valence-electron chi connectivity index (χ3n) is 5.65. The highest BCUT2D eigenvalue weighted by atomic mass is 16.6. The van der Waals surface area contributed by atoms with E-state index in [1.807, 2.05) is 25.7 Å². The highest BCUT2D eigenvalue weighted by molar-refractivity contribution is 5.69. The molecule has 0 radical (unpaired) electrons. The van der Waals surface area contributed by atoms with Gasteiger partial charge < -0.3 is 15.0 Å². The first kappa shape index (κ1) is 16.8. The van der Waals surface area contributed by atoms with Gasteiger partial charge in [-0.1, -0.05) is 12.2 Å². The first-order chi connectivity index (χ1) is 10.8. The van der Waals surface area contributed by atoms with Gasteiger partial charge in [0.25, 0.3) is 0 Å². The van der Waals surface area contributed by atoms with Crippen LogP contribution >= 0.6 is 0 Å². The maximum absolute atomic E-state index is 12.3. The van der Waals surface area contributed by atoms with Crippen LogP contribution in [0.25, 0.3) is 0 Å². The van der Waals surface area contributed by atoms with Gasteiger partial charge in [0.1, 0.15) is 5.60 Å². The van der Waals surface area contributed by atoms with E-state index in [1.54, 1.807) is 0 Å². The lowest BCUT2D eigenvalue weighted by Crippen LogP contribution is -2.47. The Balaban J connectivity index is 1.49. The molecule has 130 valence electrons. The van der Waals surface area contributed by atoms with Crippen molar-refractivity contribution >= 4 is 6.09 Å². The van der Waals surface area contributed by atoms with E-state index in [-0.39, 0.29) is 12.1 Å². The second-order valence-corrected chi connectivity index (χ2v) is 8.61. The van der Waals surface area contributed by atoms with Crippen LogP contribution in [0.4, 0.5) is 4.79 Å². The monoisotopic (exact) mass is 320 g/mol. The maximum Gasteiger partial charge on any atom is 0.410 e. The molecule has 0 aromatic rings. The predicted molar refractivity (Wildman–Crippen MR) is 92.3 cm³/mol. The van der Waals surface area contributed by atoms with Gasteiger partial charge in [-0.15, -0.1) is 0 Å². The SMILES string of the molecule is CC(NCC1CCCN1C(=O)OC(C)(C)C)C1CC2C=CC1C2. The predicted octanol–water partition coefficient (Wildman–Crippen LogP) is 3.58. The summed E-state index contributed by atoms with van der Waals surface area (Å²) in [7, 11) is 0. The van der Waals surface area contributed by atoms with Crippen LogP contribution in [0.15, 0.2) is 12.2 Å². The number of nitrogens with one attached hydrogen (secondary N) is 1. The molecule has 4 heteroatoms. The molecule has 1 amide bonds. The van der Waals surface area contributed by atoms with E-state index < -0.39 is 5.60 Å². The Labute approximate surface area is 140 Å². The van der Waals surface area contributed by atoms with Crippen molar-refractivity contribution in [2.45, 2.75) is 71.1 Å². The fourth-order valence-electron chi connectivity index (χ4n) is 4.48. The molecule has 2 fully saturated rings. The second-order valence-electron chi connectivity index (χ2n) is 8.61. The molecule has 2 bridgehead atoms. The van der Waals surface area contributed by atoms with Crippen LogP contribution in [0, 0.1) is 17.8 Å². The van der Waals surface area contributed by atoms with Crippen molar-refractivity contribution in [3.63, 3.8) is 0 Å². The first-order valence-corrected chi connectivity index (χ1v) is 9.25. The van der Waals surface area contributed by atoms with Crippen LogP contribution in [0.3, 0.4) is 0 Å². The zero-order valence-corrected chi connectivity index (χ0v) is 15.0. The van der Waals surface area contributed by atoms with Gasteiger partial charge in [-0.05, 0) is 71.1 Å². The summed E-state index contributed by atoms with van der Waals surface area (Å²) in [6.07, 6.45) is 9.50. The van der Waals surface area contributed by atoms with E-state index in [0.29, 0.717) is 6.04 Å². The van der Waals surface area contributed by atoms with Gasteiger partial charge in [0.2, 0.25) is 0 Å². The zero-order chi connectivity index (χ0) is 16.6. The van der Waals surface area contributed by atoms with Crippen LogP contribution in [0.5, 0.6) is 0 Å². The van der Waals surface area contributed by atoms with Crippen LogP contribution in [0.2, 0.25) is 0 Å². The van der Waals surface area contributed by atoms with Crippen molar-refractivity contribution in [3.05, 3.63) is 12.2 Å². The zero-order valence-electron chi connectivity index (χ0n) is 15.0. The molecule has 0 aromatic heterocycles. The van der Waals surface area contributed by atoms with Gasteiger partial charge >= 0.3 is 6.09 Å². The van der Waals surface area contributed by atoms with E-state index in [4.69, 9.17) is 4.74 Å². The molecule has 23 heavy (non-hydrogen) atoms. The van der Waals surface area contributed by atoms with Gasteiger partial charge in [-0.25, -0.2) is 4.79 Å². The highest BCUT2D eigenvalue weighted by Gasteiger charge is 2.39. The standard InChI is InChI=1S/C19H32N2O2/c1-13(17-11-14-7-8-15(17)10-14)20-12-16-6-5-9-21(16)18(22)23-19(2,3)4/h7-8,13-17,20H,5-6,9-12H2,1-4H3. The van der Waals surface area contributed by atoms with E-state index in [1.165, 1.54) is 12.8 Å². The quantitative estimate of drug-likeness (QED) is 0.805. The lowest BCUT2D eigenvalue weighted by atomic mass is 9.87. The molecule has 4 nitrogen and oxygen atoms in total. The average molecular weight is 320 g/mol. The van der Waals surface area contributed by atoms with Crippen LogP contribution < -0.4 is 5.32 Å². The molecule has 3 aliphatic rings. The Morgan fingerprint density at radius 2 is 2.13 bits per heavy atom. The molecular weight excluding hydrogens is 288 g/mol. The fraction of sp³-hybridized carbons (Fsp3) is 0.842. The normalized spacial score (nSPS) is 34.2. The highest BCUT2D eigenvalue weighted by Crippen LogP contribution is 2.44. The summed E-state index contributed by atoms with van der Waals surface area (Å²) in [5.41, 5.74) is -0.416. The van der Waals surface area contributed by atoms with Gasteiger partial charge in [0.15, 0.2) is 0 Å². The Kier molecular flexibility index (Phi) is 4.73. The van der Waals surface area contributed by atoms with E-state index in [2.05, 4.69) is 24.4 Å². The van der Waals surface area contributed by atoms with Crippen molar-refractivity contribution in [1.29, 1.82) is 0 Å². The van der Waals surface area contributed by atoms with Crippen LogP contribution in [-0.2, 0) is 4.74 Å². The van der Waals surface area contributed by atoms with Gasteiger partial charge in [0, 0.05) is 25.2 Å². The molecule has 1 N–H and O–H groups in total. The number of carbonyl (C=O) groups is 1. The number of carbonyl (C=O) groups excluding carboxylic acids is 1. The summed E-state index contributed by atoms with van der Waals surface area (Å²) in [5.74, 6) is 2.36. The van der Waals surface area contributed by atoms with Crippen LogP contribution in [-0.4, -0.2) is 41.8 Å². The Hall–Kier alpha value is -1.03. The molecule has 3 rings (SSSR count). The van der Waals surface area contributed by atoms with E-state index in [9.17, 15) is 4.79 Å². The largest absolute Gasteiger partial charge is 0.444 e. The van der Waals surface area contributed by atoms with Crippen molar-refractivity contribution in [1.82, 2.24) is 10.2 Å². The number of allylic oxidation sites excluding steroid dienone is 2. The summed E-state index contributed by atoms with van der Waals surface area (Å²) in [6, 6.07) is 0.803. The minimum Gasteiger partial charge on any atom is -0.444 e. The molecule has 0 aromatic carbocycles. The van der Waals surface area contributed by atoms with Crippen molar-refractivity contribution in [3.8, 4) is 0 Å². The second kappa shape index (κ2) is 6.46. The molecule has 1 heterocycles. The molecule has 5 atom stereocenters. The topological polar surface area (TPSA) is 41.6 Å². The van der Waals surface area contributed by atoms with E-state index >= 15 is 0 Å². The number of hydrogen-bond acceptors (Lipinski definition) is 3. The van der Waals surface area contributed by atoms with Crippen molar-refractivity contribution in [2.75, 3.05) is 13.1 Å². The lowest BCUT2D eigenvalue weighted by Gasteiger charge is -2.31. The Morgan fingerprint density at radius 3 is 2.74 bits per heavy atom. The summed E-state index contributed by atoms with van der Waals surface area (Å²) in [4.78, 5) is 14.3. The minimum absolute atomic E-state index is 0.155. The molecule has 1 saturated carbocycles. The number of nitrogens with zero attached hydrogens (tertiary/aromatic N) is 1. The summed E-state index contributed by atoms with van der Waals surface area (Å²) in [5, 5.41) is 3.72. The average Bonchev–Trinajstić information content (AvgIpc) is 3.18. The molecule has 5 unspecified atom stereocenters. The molecule has 1 aliphatic heterocycles. The number of hydrogen-bond donors (Lipinski definition) is 1. The van der Waals surface area contributed by atoms with Gasteiger partial charge in [-0.2, -0.15) is 0 Å². The molecule has 1 saturated heterocycles. The number of ether oxygens (including phenoxy) is 1. The minimum atomic E-state index is -0.416. The molecule has 0 spiro atoms. The summed E-state index contributed by atoms with van der Waals surface area (Å²) in [6.45, 7) is 9.81.